The summed E-state index contributed by atoms with van der Waals surface area (Å²) >= 11 is 0. The van der Waals surface area contributed by atoms with Crippen LogP contribution in [0.15, 0.2) is 18.3 Å². The quantitative estimate of drug-likeness (QED) is 0.801. The molecule has 1 atom stereocenters. The van der Waals surface area contributed by atoms with E-state index in [9.17, 15) is 14.4 Å². The largest absolute Gasteiger partial charge is 0.339 e. The summed E-state index contributed by atoms with van der Waals surface area (Å²) in [7, 11) is 0. The molecule has 0 spiro atoms. The van der Waals surface area contributed by atoms with E-state index >= 15 is 0 Å². The molecule has 0 bridgehead atoms. The predicted octanol–water partition coefficient (Wildman–Crippen LogP) is 2.22. The number of nitrogens with zero attached hydrogens (tertiary/aromatic N) is 1. The summed E-state index contributed by atoms with van der Waals surface area (Å²) in [6.45, 7) is 12.6. The lowest BCUT2D eigenvalue weighted by Gasteiger charge is -2.21. The summed E-state index contributed by atoms with van der Waals surface area (Å²) < 4.78 is 0. The van der Waals surface area contributed by atoms with Crippen molar-refractivity contribution in [3.05, 3.63) is 29.6 Å². The maximum absolute atomic E-state index is 12.0. The van der Waals surface area contributed by atoms with Gasteiger partial charge in [0.15, 0.2) is 0 Å². The first kappa shape index (κ1) is 23.4. The molecule has 1 aromatic heterocycles. The Bertz CT molecular complexity index is 595. The topological polar surface area (TPSA) is 105 Å². The molecular weight excluding hydrogens is 334 g/mol. The van der Waals surface area contributed by atoms with Crippen LogP contribution in [0.3, 0.4) is 0 Å². The molecule has 2 rings (SSSR count). The molecule has 2 heterocycles. The van der Waals surface area contributed by atoms with Crippen LogP contribution in [0.4, 0.5) is 0 Å². The van der Waals surface area contributed by atoms with Crippen molar-refractivity contribution in [3.63, 3.8) is 0 Å². The van der Waals surface area contributed by atoms with E-state index in [1.165, 1.54) is 0 Å². The van der Waals surface area contributed by atoms with Crippen LogP contribution in [-0.4, -0.2) is 35.5 Å². The van der Waals surface area contributed by atoms with E-state index in [0.29, 0.717) is 12.3 Å². The predicted molar refractivity (Wildman–Crippen MR) is 99.6 cm³/mol. The highest BCUT2D eigenvalue weighted by atomic mass is 16.2. The summed E-state index contributed by atoms with van der Waals surface area (Å²) in [6.07, 6.45) is 2.21. The number of aromatic nitrogens is 1. The fraction of sp³-hybridized carbons (Fsp3) is 0.526. The van der Waals surface area contributed by atoms with E-state index in [4.69, 9.17) is 4.79 Å². The average molecular weight is 363 g/mol. The zero-order valence-corrected chi connectivity index (χ0v) is 16.2. The number of carbonyl (C=O) groups excluding carboxylic acids is 4. The summed E-state index contributed by atoms with van der Waals surface area (Å²) in [5.74, 6) is -0.00198. The third-order valence-corrected chi connectivity index (χ3v) is 3.23. The van der Waals surface area contributed by atoms with Gasteiger partial charge in [-0.3, -0.25) is 24.7 Å². The summed E-state index contributed by atoms with van der Waals surface area (Å²) in [5.41, 5.74) is 1.31. The second-order valence-electron chi connectivity index (χ2n) is 6.84. The zero-order valence-electron chi connectivity index (χ0n) is 16.2. The highest BCUT2D eigenvalue weighted by molar-refractivity contribution is 6.03. The molecule has 1 aliphatic rings. The molecule has 0 saturated carbocycles. The first-order valence-electron chi connectivity index (χ1n) is 8.60. The molecular formula is C19H29N3O4. The molecule has 1 saturated heterocycles. The van der Waals surface area contributed by atoms with Crippen molar-refractivity contribution in [1.82, 2.24) is 15.6 Å². The second-order valence-corrected chi connectivity index (χ2v) is 6.84. The van der Waals surface area contributed by atoms with Crippen molar-refractivity contribution in [1.29, 1.82) is 0 Å². The van der Waals surface area contributed by atoms with E-state index in [0.717, 1.165) is 11.5 Å². The van der Waals surface area contributed by atoms with Gasteiger partial charge in [-0.1, -0.05) is 40.7 Å². The van der Waals surface area contributed by atoms with E-state index in [-0.39, 0.29) is 18.0 Å². The monoisotopic (exact) mass is 363 g/mol. The van der Waals surface area contributed by atoms with Gasteiger partial charge in [0.1, 0.15) is 18.5 Å². The highest BCUT2D eigenvalue weighted by Gasteiger charge is 2.28. The summed E-state index contributed by atoms with van der Waals surface area (Å²) in [6, 6.07) is 2.81. The van der Waals surface area contributed by atoms with Crippen molar-refractivity contribution in [2.75, 3.05) is 0 Å². The Morgan fingerprint density at radius 2 is 1.77 bits per heavy atom. The molecule has 1 aromatic rings. The van der Waals surface area contributed by atoms with Crippen LogP contribution >= 0.6 is 0 Å². The minimum absolute atomic E-state index is 0.233. The van der Waals surface area contributed by atoms with Crippen LogP contribution < -0.4 is 10.6 Å². The Balaban J connectivity index is 0.000000920. The number of carbonyl (C=O) groups is 4. The van der Waals surface area contributed by atoms with Crippen LogP contribution in [0.5, 0.6) is 0 Å². The number of hydrogen-bond acceptors (Lipinski definition) is 5. The summed E-state index contributed by atoms with van der Waals surface area (Å²) in [4.78, 5) is 46.6. The average Bonchev–Trinajstić information content (AvgIpc) is 2.58. The van der Waals surface area contributed by atoms with Gasteiger partial charge in [-0.15, -0.1) is 0 Å². The van der Waals surface area contributed by atoms with Gasteiger partial charge in [0, 0.05) is 12.6 Å². The molecule has 0 aromatic carbocycles. The molecule has 26 heavy (non-hydrogen) atoms. The number of amides is 3. The molecule has 0 radical (unpaired) electrons. The molecule has 1 fully saturated rings. The second kappa shape index (κ2) is 11.9. The number of imide groups is 1. The number of hydrogen-bond donors (Lipinski definition) is 2. The number of piperidine rings is 1. The first-order chi connectivity index (χ1) is 12.2. The lowest BCUT2D eigenvalue weighted by Crippen LogP contribution is -2.52. The van der Waals surface area contributed by atoms with Crippen LogP contribution in [0, 0.1) is 5.92 Å². The van der Waals surface area contributed by atoms with Crippen LogP contribution in [0.2, 0.25) is 0 Å². The standard InChI is InChI=1S/C14H17N3O3.C4H10.CH2O/c1-8(2)9-3-4-10(15-7-9)13(19)16-11-5-6-12(18)17-14(11)20;1-4(2)3;1-2/h3-4,7-8,11H,5-6H2,1-2H3,(H,16,19)(H,17,18,20);4H,1-3H3;1H2. The first-order valence-corrected chi connectivity index (χ1v) is 8.60. The van der Waals surface area contributed by atoms with Crippen molar-refractivity contribution in [2.45, 2.75) is 59.4 Å². The Hall–Kier alpha value is -2.57. The highest BCUT2D eigenvalue weighted by Crippen LogP contribution is 2.13. The molecule has 1 unspecified atom stereocenters. The summed E-state index contributed by atoms with van der Waals surface area (Å²) in [5, 5.41) is 4.79. The number of rotatable bonds is 3. The molecule has 3 amide bonds. The Morgan fingerprint density at radius 3 is 2.19 bits per heavy atom. The van der Waals surface area contributed by atoms with Gasteiger partial charge >= 0.3 is 0 Å². The Kier molecular flexibility index (Phi) is 10.7. The normalized spacial score (nSPS) is 16.0. The van der Waals surface area contributed by atoms with Gasteiger partial charge < -0.3 is 10.1 Å². The molecule has 7 nitrogen and oxygen atoms in total. The van der Waals surface area contributed by atoms with Crippen LogP contribution in [-0.2, 0) is 14.4 Å². The maximum atomic E-state index is 12.0. The van der Waals surface area contributed by atoms with Crippen molar-refractivity contribution < 1.29 is 19.2 Å². The zero-order chi connectivity index (χ0) is 20.3. The van der Waals surface area contributed by atoms with E-state index in [1.807, 2.05) is 26.7 Å². The van der Waals surface area contributed by atoms with Gasteiger partial charge in [-0.25, -0.2) is 0 Å². The minimum Gasteiger partial charge on any atom is -0.339 e. The molecule has 144 valence electrons. The number of pyridine rings is 1. The Morgan fingerprint density at radius 1 is 1.19 bits per heavy atom. The van der Waals surface area contributed by atoms with Crippen LogP contribution in [0.25, 0.3) is 0 Å². The van der Waals surface area contributed by atoms with Crippen molar-refractivity contribution >= 4 is 24.5 Å². The molecule has 0 aliphatic carbocycles. The third kappa shape index (κ3) is 8.50. The lowest BCUT2D eigenvalue weighted by atomic mass is 10.0. The van der Waals surface area contributed by atoms with Gasteiger partial charge in [0.05, 0.1) is 0 Å². The van der Waals surface area contributed by atoms with Crippen molar-refractivity contribution in [3.8, 4) is 0 Å². The van der Waals surface area contributed by atoms with Crippen molar-refractivity contribution in [2.24, 2.45) is 5.92 Å². The molecule has 2 N–H and O–H groups in total. The SMILES string of the molecule is C=O.CC(C)C.CC(C)c1ccc(C(=O)NC2CCC(=O)NC2=O)nc1. The fourth-order valence-electron chi connectivity index (χ4n) is 1.94. The maximum Gasteiger partial charge on any atom is 0.270 e. The fourth-order valence-corrected chi connectivity index (χ4v) is 1.94. The van der Waals surface area contributed by atoms with Gasteiger partial charge in [0.25, 0.3) is 5.91 Å². The van der Waals surface area contributed by atoms with Gasteiger partial charge in [-0.2, -0.15) is 0 Å². The van der Waals surface area contributed by atoms with E-state index in [2.05, 4.69) is 36.4 Å². The molecule has 7 heteroatoms. The Labute approximate surface area is 155 Å². The lowest BCUT2D eigenvalue weighted by molar-refractivity contribution is -0.134. The smallest absolute Gasteiger partial charge is 0.270 e. The molecule has 1 aliphatic heterocycles. The van der Waals surface area contributed by atoms with Crippen LogP contribution in [0.1, 0.15) is 69.4 Å². The minimum atomic E-state index is -0.674. The van der Waals surface area contributed by atoms with E-state index < -0.39 is 17.9 Å². The third-order valence-electron chi connectivity index (χ3n) is 3.23. The van der Waals surface area contributed by atoms with Gasteiger partial charge in [0.2, 0.25) is 11.8 Å². The number of nitrogens with one attached hydrogen (secondary N) is 2. The van der Waals surface area contributed by atoms with E-state index in [1.54, 1.807) is 12.3 Å². The van der Waals surface area contributed by atoms with Gasteiger partial charge in [-0.05, 0) is 29.9 Å².